The third-order valence-corrected chi connectivity index (χ3v) is 6.38. The number of carbonyl (C=O) groups excluding carboxylic acids is 1. The Kier molecular flexibility index (Phi) is 6.13. The van der Waals surface area contributed by atoms with Gasteiger partial charge in [0.1, 0.15) is 5.82 Å². The van der Waals surface area contributed by atoms with Crippen molar-refractivity contribution in [2.75, 3.05) is 19.6 Å². The molecule has 2 N–H and O–H groups in total. The minimum absolute atomic E-state index is 0.148. The van der Waals surface area contributed by atoms with Gasteiger partial charge in [-0.15, -0.1) is 0 Å². The van der Waals surface area contributed by atoms with E-state index in [-0.39, 0.29) is 11.7 Å². The van der Waals surface area contributed by atoms with E-state index >= 15 is 0 Å². The number of fused-ring (bicyclic) bond motifs is 1. The molecule has 7 heteroatoms. The molecule has 2 aromatic carbocycles. The van der Waals surface area contributed by atoms with Crippen molar-refractivity contribution in [3.63, 3.8) is 0 Å². The van der Waals surface area contributed by atoms with Gasteiger partial charge in [0.25, 0.3) is 5.91 Å². The summed E-state index contributed by atoms with van der Waals surface area (Å²) in [7, 11) is 0. The number of halogens is 1. The predicted molar refractivity (Wildman–Crippen MR) is 126 cm³/mol. The third kappa shape index (κ3) is 4.78. The van der Waals surface area contributed by atoms with Gasteiger partial charge in [-0.1, -0.05) is 30.3 Å². The second-order valence-corrected chi connectivity index (χ2v) is 8.60. The number of hydrogen-bond donors (Lipinski definition) is 2. The maximum Gasteiger partial charge on any atom is 0.272 e. The van der Waals surface area contributed by atoms with Crippen LogP contribution in [-0.2, 0) is 6.54 Å². The minimum Gasteiger partial charge on any atom is -0.350 e. The molecule has 6 nitrogen and oxygen atoms in total. The van der Waals surface area contributed by atoms with E-state index in [4.69, 9.17) is 0 Å². The number of rotatable bonds is 6. The third-order valence-electron chi connectivity index (χ3n) is 6.38. The summed E-state index contributed by atoms with van der Waals surface area (Å²) >= 11 is 0. The van der Waals surface area contributed by atoms with E-state index in [1.54, 1.807) is 18.5 Å². The summed E-state index contributed by atoms with van der Waals surface area (Å²) in [5.74, 6) is 0.0881. The summed E-state index contributed by atoms with van der Waals surface area (Å²) in [5, 5.41) is 11.1. The number of carbonyl (C=O) groups is 1. The number of aromatic nitrogens is 3. The molecule has 1 aliphatic heterocycles. The molecule has 0 saturated carbocycles. The Morgan fingerprint density at radius 3 is 2.73 bits per heavy atom. The van der Waals surface area contributed by atoms with Gasteiger partial charge in [0.2, 0.25) is 0 Å². The molecule has 3 heterocycles. The fourth-order valence-electron chi connectivity index (χ4n) is 4.44. The van der Waals surface area contributed by atoms with E-state index in [9.17, 15) is 9.18 Å². The Labute approximate surface area is 191 Å². The first-order valence-corrected chi connectivity index (χ1v) is 11.3. The molecule has 1 amide bonds. The van der Waals surface area contributed by atoms with Crippen LogP contribution in [0.2, 0.25) is 0 Å². The monoisotopic (exact) mass is 443 g/mol. The normalized spacial score (nSPS) is 15.1. The second kappa shape index (κ2) is 9.50. The van der Waals surface area contributed by atoms with Crippen LogP contribution in [0.5, 0.6) is 0 Å². The van der Waals surface area contributed by atoms with Gasteiger partial charge in [-0.05, 0) is 61.7 Å². The average Bonchev–Trinajstić information content (AvgIpc) is 3.29. The molecular formula is C26H26FN5O. The zero-order valence-electron chi connectivity index (χ0n) is 18.3. The lowest BCUT2D eigenvalue weighted by molar-refractivity contribution is 0.0931. The number of amides is 1. The Morgan fingerprint density at radius 2 is 1.94 bits per heavy atom. The van der Waals surface area contributed by atoms with Gasteiger partial charge in [-0.2, -0.15) is 5.10 Å². The highest BCUT2D eigenvalue weighted by Gasteiger charge is 2.22. The number of nitrogens with zero attached hydrogens (tertiary/aromatic N) is 3. The highest BCUT2D eigenvalue weighted by molar-refractivity contribution is 6.05. The van der Waals surface area contributed by atoms with Crippen molar-refractivity contribution in [3.05, 3.63) is 84.1 Å². The van der Waals surface area contributed by atoms with Crippen molar-refractivity contribution >= 4 is 16.8 Å². The molecule has 1 fully saturated rings. The second-order valence-electron chi connectivity index (χ2n) is 8.60. The van der Waals surface area contributed by atoms with Gasteiger partial charge < -0.3 is 5.32 Å². The fourth-order valence-corrected chi connectivity index (χ4v) is 4.44. The molecule has 5 rings (SSSR count). The standard InChI is InChI=1S/C26H26FN5O/c27-23-6-2-1-4-21(23)17-32-12-9-18(10-13-32)15-29-26(33)25-22-14-19(7-8-24(22)30-31-25)20-5-3-11-28-16-20/h1-8,11,14,16,18H,9-10,12-13,15,17H2,(H,29,33)(H,30,31). The average molecular weight is 444 g/mol. The van der Waals surface area contributed by atoms with Crippen molar-refractivity contribution < 1.29 is 9.18 Å². The van der Waals surface area contributed by atoms with Crippen LogP contribution >= 0.6 is 0 Å². The van der Waals surface area contributed by atoms with Crippen molar-refractivity contribution in [1.29, 1.82) is 0 Å². The van der Waals surface area contributed by atoms with Crippen LogP contribution in [0.4, 0.5) is 4.39 Å². The van der Waals surface area contributed by atoms with Crippen LogP contribution in [0.1, 0.15) is 28.9 Å². The molecule has 0 aliphatic carbocycles. The summed E-state index contributed by atoms with van der Waals surface area (Å²) < 4.78 is 13.9. The van der Waals surface area contributed by atoms with E-state index in [0.29, 0.717) is 24.7 Å². The summed E-state index contributed by atoms with van der Waals surface area (Å²) in [6.07, 6.45) is 5.49. The number of H-pyrrole nitrogens is 1. The molecule has 168 valence electrons. The zero-order chi connectivity index (χ0) is 22.6. The fraction of sp³-hybridized carbons (Fsp3) is 0.269. The molecule has 1 saturated heterocycles. The van der Waals surface area contributed by atoms with Gasteiger partial charge in [0.15, 0.2) is 5.69 Å². The molecule has 0 atom stereocenters. The van der Waals surface area contributed by atoms with Crippen LogP contribution in [0.15, 0.2) is 67.0 Å². The van der Waals surface area contributed by atoms with E-state index < -0.39 is 0 Å². The summed E-state index contributed by atoms with van der Waals surface area (Å²) in [6.45, 7) is 3.04. The SMILES string of the molecule is O=C(NCC1CCN(Cc2ccccc2F)CC1)c1n[nH]c2ccc(-c3cccnc3)cc12. The molecule has 0 unspecified atom stereocenters. The zero-order valence-corrected chi connectivity index (χ0v) is 18.3. The largest absolute Gasteiger partial charge is 0.350 e. The lowest BCUT2D eigenvalue weighted by atomic mass is 9.96. The summed E-state index contributed by atoms with van der Waals surface area (Å²) in [6, 6.07) is 16.7. The maximum absolute atomic E-state index is 13.9. The summed E-state index contributed by atoms with van der Waals surface area (Å²) in [4.78, 5) is 19.3. The number of piperidine rings is 1. The molecular weight excluding hydrogens is 417 g/mol. The van der Waals surface area contributed by atoms with Crippen LogP contribution in [0.3, 0.4) is 0 Å². The molecule has 33 heavy (non-hydrogen) atoms. The topological polar surface area (TPSA) is 73.9 Å². The quantitative estimate of drug-likeness (QED) is 0.463. The van der Waals surface area contributed by atoms with Crippen LogP contribution in [0.25, 0.3) is 22.0 Å². The van der Waals surface area contributed by atoms with E-state index in [1.165, 1.54) is 6.07 Å². The lowest BCUT2D eigenvalue weighted by Gasteiger charge is -2.32. The summed E-state index contributed by atoms with van der Waals surface area (Å²) in [5.41, 5.74) is 3.96. The molecule has 0 radical (unpaired) electrons. The van der Waals surface area contributed by atoms with Crippen LogP contribution in [0, 0.1) is 11.7 Å². The van der Waals surface area contributed by atoms with Crippen LogP contribution in [-0.4, -0.2) is 45.6 Å². The maximum atomic E-state index is 13.9. The van der Waals surface area contributed by atoms with Crippen LogP contribution < -0.4 is 5.32 Å². The highest BCUT2D eigenvalue weighted by atomic mass is 19.1. The van der Waals surface area contributed by atoms with E-state index in [2.05, 4.69) is 25.4 Å². The number of nitrogens with one attached hydrogen (secondary N) is 2. The molecule has 0 spiro atoms. The van der Waals surface area contributed by atoms with Gasteiger partial charge in [0.05, 0.1) is 5.52 Å². The Hall–Kier alpha value is -3.58. The lowest BCUT2D eigenvalue weighted by Crippen LogP contribution is -2.38. The smallest absolute Gasteiger partial charge is 0.272 e. The first-order chi connectivity index (χ1) is 16.2. The molecule has 4 aromatic rings. The molecule has 0 bridgehead atoms. The molecule has 2 aromatic heterocycles. The predicted octanol–water partition coefficient (Wildman–Crippen LogP) is 4.41. The van der Waals surface area contributed by atoms with Crippen molar-refractivity contribution in [2.24, 2.45) is 5.92 Å². The Morgan fingerprint density at radius 1 is 1.09 bits per heavy atom. The van der Waals surface area contributed by atoms with Gasteiger partial charge in [-0.25, -0.2) is 4.39 Å². The van der Waals surface area contributed by atoms with Crippen molar-refractivity contribution in [2.45, 2.75) is 19.4 Å². The number of benzene rings is 2. The van der Waals surface area contributed by atoms with Crippen molar-refractivity contribution in [3.8, 4) is 11.1 Å². The Balaban J connectivity index is 1.18. The number of pyridine rings is 1. The molecule has 1 aliphatic rings. The number of aromatic amines is 1. The van der Waals surface area contributed by atoms with E-state index in [1.807, 2.05) is 42.5 Å². The number of likely N-dealkylation sites (tertiary alicyclic amines) is 1. The first-order valence-electron chi connectivity index (χ1n) is 11.3. The highest BCUT2D eigenvalue weighted by Crippen LogP contribution is 2.25. The Bertz CT molecular complexity index is 1250. The van der Waals surface area contributed by atoms with Gasteiger partial charge in [0, 0.05) is 42.0 Å². The minimum atomic E-state index is -0.168. The van der Waals surface area contributed by atoms with Crippen molar-refractivity contribution in [1.82, 2.24) is 25.4 Å². The van der Waals surface area contributed by atoms with Gasteiger partial charge >= 0.3 is 0 Å². The van der Waals surface area contributed by atoms with Gasteiger partial charge in [-0.3, -0.25) is 19.8 Å². The first kappa shape index (κ1) is 21.3. The van der Waals surface area contributed by atoms with E-state index in [0.717, 1.165) is 53.5 Å². The number of hydrogen-bond acceptors (Lipinski definition) is 4.